The number of hydrogen-bond acceptors (Lipinski definition) is 3. The predicted molar refractivity (Wildman–Crippen MR) is 90.7 cm³/mol. The van der Waals surface area contributed by atoms with E-state index >= 15 is 0 Å². The Hall–Kier alpha value is -1.64. The molecule has 0 fully saturated rings. The van der Waals surface area contributed by atoms with Crippen LogP contribution in [0.2, 0.25) is 5.02 Å². The molecule has 0 unspecified atom stereocenters. The van der Waals surface area contributed by atoms with Crippen molar-refractivity contribution in [2.45, 2.75) is 0 Å². The lowest BCUT2D eigenvalue weighted by Gasteiger charge is -2.11. The Morgan fingerprint density at radius 1 is 1.43 bits per heavy atom. The number of carbonyl (C=O) groups is 1. The molecule has 4 N–H and O–H groups in total. The van der Waals surface area contributed by atoms with Gasteiger partial charge in [-0.2, -0.15) is 5.10 Å². The van der Waals surface area contributed by atoms with Crippen LogP contribution in [0.25, 0.3) is 0 Å². The molecule has 1 heterocycles. The van der Waals surface area contributed by atoms with Crippen molar-refractivity contribution in [3.05, 3.63) is 39.6 Å². The molecule has 0 saturated carbocycles. The maximum atomic E-state index is 11.3. The highest BCUT2D eigenvalue weighted by atomic mass is 79.9. The van der Waals surface area contributed by atoms with Crippen LogP contribution in [0, 0.1) is 0 Å². The highest BCUT2D eigenvalue weighted by Gasteiger charge is 2.14. The Morgan fingerprint density at radius 2 is 2.10 bits per heavy atom. The van der Waals surface area contributed by atoms with Crippen LogP contribution < -0.4 is 16.4 Å². The third-order valence-corrected chi connectivity index (χ3v) is 3.50. The molecular formula is C12H11BrClN5OS. The van der Waals surface area contributed by atoms with Crippen LogP contribution in [0.4, 0.5) is 11.4 Å². The minimum atomic E-state index is -0.637. The van der Waals surface area contributed by atoms with Gasteiger partial charge in [0.15, 0.2) is 10.8 Å². The normalized spacial score (nSPS) is 10.2. The molecule has 0 bridgehead atoms. The van der Waals surface area contributed by atoms with Crippen molar-refractivity contribution >= 4 is 62.1 Å². The lowest BCUT2D eigenvalue weighted by Crippen LogP contribution is -2.22. The van der Waals surface area contributed by atoms with Crippen LogP contribution in [0.3, 0.4) is 0 Å². The van der Waals surface area contributed by atoms with Gasteiger partial charge in [0.2, 0.25) is 0 Å². The smallest absolute Gasteiger partial charge is 0.271 e. The van der Waals surface area contributed by atoms with Crippen molar-refractivity contribution in [3.63, 3.8) is 0 Å². The number of rotatable bonds is 3. The summed E-state index contributed by atoms with van der Waals surface area (Å²) in [4.78, 5) is 11.3. The summed E-state index contributed by atoms with van der Waals surface area (Å²) < 4.78 is 2.33. The van der Waals surface area contributed by atoms with E-state index in [0.717, 1.165) is 4.47 Å². The SMILES string of the molecule is Cn1cc(NC(=S)Nc2ccc(Br)cc2Cl)c(C(N)=O)n1. The average molecular weight is 389 g/mol. The maximum Gasteiger partial charge on any atom is 0.271 e. The van der Waals surface area contributed by atoms with Crippen molar-refractivity contribution in [1.29, 1.82) is 0 Å². The molecule has 1 amide bonds. The van der Waals surface area contributed by atoms with E-state index in [4.69, 9.17) is 29.6 Å². The summed E-state index contributed by atoms with van der Waals surface area (Å²) in [6, 6.07) is 5.35. The van der Waals surface area contributed by atoms with Gasteiger partial charge in [-0.25, -0.2) is 0 Å². The Balaban J connectivity index is 2.13. The molecule has 2 aromatic rings. The minimum absolute atomic E-state index is 0.114. The number of nitrogens with one attached hydrogen (secondary N) is 2. The van der Waals surface area contributed by atoms with E-state index in [1.54, 1.807) is 25.4 Å². The molecule has 2 rings (SSSR count). The number of anilines is 2. The highest BCUT2D eigenvalue weighted by Crippen LogP contribution is 2.26. The average Bonchev–Trinajstić information content (AvgIpc) is 2.74. The molecule has 9 heteroatoms. The lowest BCUT2D eigenvalue weighted by atomic mass is 10.3. The summed E-state index contributed by atoms with van der Waals surface area (Å²) in [5, 5.41) is 10.5. The lowest BCUT2D eigenvalue weighted by molar-refractivity contribution is 0.0995. The van der Waals surface area contributed by atoms with Gasteiger partial charge in [-0.3, -0.25) is 9.48 Å². The van der Waals surface area contributed by atoms with Crippen molar-refractivity contribution in [2.75, 3.05) is 10.6 Å². The largest absolute Gasteiger partial charge is 0.364 e. The number of halogens is 2. The van der Waals surface area contributed by atoms with Crippen LogP contribution in [-0.4, -0.2) is 20.8 Å². The van der Waals surface area contributed by atoms with Crippen LogP contribution in [0.15, 0.2) is 28.9 Å². The van der Waals surface area contributed by atoms with Crippen LogP contribution in [0.5, 0.6) is 0 Å². The Labute approximate surface area is 139 Å². The van der Waals surface area contributed by atoms with Gasteiger partial charge in [0.25, 0.3) is 5.91 Å². The molecule has 0 saturated heterocycles. The van der Waals surface area contributed by atoms with Gasteiger partial charge in [-0.15, -0.1) is 0 Å². The number of aromatic nitrogens is 2. The van der Waals surface area contributed by atoms with Crippen LogP contribution in [-0.2, 0) is 7.05 Å². The number of primary amides is 1. The molecule has 21 heavy (non-hydrogen) atoms. The van der Waals surface area contributed by atoms with Crippen molar-refractivity contribution in [1.82, 2.24) is 9.78 Å². The second-order valence-electron chi connectivity index (χ2n) is 4.13. The van der Waals surface area contributed by atoms with Gasteiger partial charge in [-0.1, -0.05) is 27.5 Å². The maximum absolute atomic E-state index is 11.3. The first-order valence-corrected chi connectivity index (χ1v) is 7.31. The van der Waals surface area contributed by atoms with E-state index in [-0.39, 0.29) is 10.8 Å². The highest BCUT2D eigenvalue weighted by molar-refractivity contribution is 9.10. The summed E-state index contributed by atoms with van der Waals surface area (Å²) in [5.41, 5.74) is 6.43. The summed E-state index contributed by atoms with van der Waals surface area (Å²) in [5.74, 6) is -0.637. The van der Waals surface area contributed by atoms with Crippen LogP contribution >= 0.6 is 39.7 Å². The molecule has 1 aromatic carbocycles. The zero-order valence-corrected chi connectivity index (χ0v) is 14.0. The number of thiocarbonyl (C=S) groups is 1. The first kappa shape index (κ1) is 15.7. The van der Waals surface area contributed by atoms with Gasteiger partial charge in [0.1, 0.15) is 0 Å². The summed E-state index contributed by atoms with van der Waals surface area (Å²) >= 11 is 14.6. The Morgan fingerprint density at radius 3 is 2.71 bits per heavy atom. The van der Waals surface area contributed by atoms with Crippen molar-refractivity contribution in [3.8, 4) is 0 Å². The fraction of sp³-hybridized carbons (Fsp3) is 0.0833. The molecule has 0 aliphatic rings. The summed E-state index contributed by atoms with van der Waals surface area (Å²) in [6.07, 6.45) is 1.61. The van der Waals surface area contributed by atoms with E-state index in [9.17, 15) is 4.79 Å². The summed E-state index contributed by atoms with van der Waals surface area (Å²) in [7, 11) is 1.68. The molecule has 0 atom stereocenters. The molecule has 0 aliphatic heterocycles. The molecule has 0 radical (unpaired) electrons. The Bertz CT molecular complexity index is 718. The number of amides is 1. The second kappa shape index (κ2) is 6.42. The number of nitrogens with two attached hydrogens (primary N) is 1. The van der Waals surface area contributed by atoms with E-state index in [1.807, 2.05) is 6.07 Å². The monoisotopic (exact) mass is 387 g/mol. The van der Waals surface area contributed by atoms with E-state index in [0.29, 0.717) is 16.4 Å². The number of benzene rings is 1. The number of hydrogen-bond donors (Lipinski definition) is 3. The first-order chi connectivity index (χ1) is 9.86. The van der Waals surface area contributed by atoms with Crippen LogP contribution in [0.1, 0.15) is 10.5 Å². The first-order valence-electron chi connectivity index (χ1n) is 5.73. The second-order valence-corrected chi connectivity index (χ2v) is 5.86. The zero-order valence-electron chi connectivity index (χ0n) is 10.9. The molecule has 0 aliphatic carbocycles. The molecular weight excluding hydrogens is 378 g/mol. The van der Waals surface area contributed by atoms with Gasteiger partial charge in [0.05, 0.1) is 16.4 Å². The quantitative estimate of drug-likeness (QED) is 0.704. The van der Waals surface area contributed by atoms with E-state index in [2.05, 4.69) is 31.7 Å². The number of carbonyl (C=O) groups excluding carboxylic acids is 1. The van der Waals surface area contributed by atoms with Gasteiger partial charge >= 0.3 is 0 Å². The topological polar surface area (TPSA) is 85.0 Å². The van der Waals surface area contributed by atoms with Gasteiger partial charge in [0, 0.05) is 17.7 Å². The molecule has 0 spiro atoms. The third-order valence-electron chi connectivity index (χ3n) is 2.49. The molecule has 110 valence electrons. The predicted octanol–water partition coefficient (Wildman–Crippen LogP) is 2.74. The number of aryl methyl sites for hydroxylation is 1. The van der Waals surface area contributed by atoms with Crippen molar-refractivity contribution in [2.24, 2.45) is 12.8 Å². The van der Waals surface area contributed by atoms with E-state index in [1.165, 1.54) is 4.68 Å². The van der Waals surface area contributed by atoms with Gasteiger partial charge < -0.3 is 16.4 Å². The Kier molecular flexibility index (Phi) is 4.81. The molecule has 1 aromatic heterocycles. The number of nitrogens with zero attached hydrogens (tertiary/aromatic N) is 2. The fourth-order valence-corrected chi connectivity index (χ4v) is 2.57. The van der Waals surface area contributed by atoms with E-state index < -0.39 is 5.91 Å². The zero-order chi connectivity index (χ0) is 15.6. The van der Waals surface area contributed by atoms with Crippen molar-refractivity contribution < 1.29 is 4.79 Å². The standard InChI is InChI=1S/C12H11BrClN5OS/c1-19-5-9(10(18-19)11(15)20)17-12(21)16-8-3-2-6(13)4-7(8)14/h2-5H,1H3,(H2,15,20)(H2,16,17,21). The molecule has 6 nitrogen and oxygen atoms in total. The minimum Gasteiger partial charge on any atom is -0.364 e. The third kappa shape index (κ3) is 3.93. The summed E-state index contributed by atoms with van der Waals surface area (Å²) in [6.45, 7) is 0. The van der Waals surface area contributed by atoms with Gasteiger partial charge in [-0.05, 0) is 30.4 Å². The fourth-order valence-electron chi connectivity index (χ4n) is 1.63.